The molecule has 2 aliphatic heterocycles. The first-order valence-electron chi connectivity index (χ1n) is 10.1. The van der Waals surface area contributed by atoms with Crippen molar-refractivity contribution >= 4 is 40.9 Å². The summed E-state index contributed by atoms with van der Waals surface area (Å²) in [6.45, 7) is 0.587. The zero-order valence-electron chi connectivity index (χ0n) is 16.9. The number of benzene rings is 3. The fourth-order valence-electron chi connectivity index (χ4n) is 3.72. The zero-order chi connectivity index (χ0) is 22.1. The summed E-state index contributed by atoms with van der Waals surface area (Å²) in [5.41, 5.74) is 2.33. The van der Waals surface area contributed by atoms with Crippen LogP contribution in [0.15, 0.2) is 78.4 Å². The molecule has 6 nitrogen and oxygen atoms in total. The van der Waals surface area contributed by atoms with Gasteiger partial charge in [-0.2, -0.15) is 0 Å². The number of nitrogens with one attached hydrogen (secondary N) is 1. The van der Waals surface area contributed by atoms with E-state index in [1.807, 2.05) is 48.5 Å². The van der Waals surface area contributed by atoms with Gasteiger partial charge in [-0.15, -0.1) is 0 Å². The van der Waals surface area contributed by atoms with Gasteiger partial charge in [-0.05, 0) is 66.3 Å². The van der Waals surface area contributed by atoms with Crippen LogP contribution in [-0.2, 0) is 16.0 Å². The maximum Gasteiger partial charge on any atom is 0.270 e. The number of ether oxygens (including phenoxy) is 2. The highest BCUT2D eigenvalue weighted by atomic mass is 32.1. The van der Waals surface area contributed by atoms with Crippen LogP contribution in [0.4, 0.5) is 5.69 Å². The molecule has 0 atom stereocenters. The molecule has 1 fully saturated rings. The van der Waals surface area contributed by atoms with Crippen molar-refractivity contribution in [1.82, 2.24) is 5.32 Å². The number of amides is 2. The molecular weight excluding hydrogens is 424 g/mol. The van der Waals surface area contributed by atoms with Gasteiger partial charge in [-0.3, -0.25) is 19.8 Å². The molecule has 0 unspecified atom stereocenters. The van der Waals surface area contributed by atoms with Gasteiger partial charge in [0.1, 0.15) is 22.8 Å². The monoisotopic (exact) mass is 442 g/mol. The number of thiocarbonyl (C=S) groups is 1. The van der Waals surface area contributed by atoms with Gasteiger partial charge in [-0.1, -0.05) is 30.3 Å². The third-order valence-electron chi connectivity index (χ3n) is 5.25. The zero-order valence-corrected chi connectivity index (χ0v) is 17.7. The molecule has 1 saturated heterocycles. The minimum Gasteiger partial charge on any atom is -0.493 e. The van der Waals surface area contributed by atoms with Crippen LogP contribution in [0.2, 0.25) is 0 Å². The predicted octanol–water partition coefficient (Wildman–Crippen LogP) is 4.25. The van der Waals surface area contributed by atoms with Gasteiger partial charge in [0.15, 0.2) is 5.11 Å². The Morgan fingerprint density at radius 2 is 1.69 bits per heavy atom. The summed E-state index contributed by atoms with van der Waals surface area (Å²) in [6.07, 6.45) is 2.34. The van der Waals surface area contributed by atoms with Crippen molar-refractivity contribution in [2.24, 2.45) is 0 Å². The predicted molar refractivity (Wildman–Crippen MR) is 125 cm³/mol. The van der Waals surface area contributed by atoms with Crippen molar-refractivity contribution in [2.75, 3.05) is 11.5 Å². The Bertz CT molecular complexity index is 1250. The lowest BCUT2D eigenvalue weighted by molar-refractivity contribution is -0.122. The van der Waals surface area contributed by atoms with Crippen LogP contribution in [0.3, 0.4) is 0 Å². The van der Waals surface area contributed by atoms with Gasteiger partial charge < -0.3 is 9.47 Å². The molecule has 1 N–H and O–H groups in total. The maximum atomic E-state index is 13.3. The van der Waals surface area contributed by atoms with Crippen LogP contribution in [0.5, 0.6) is 17.2 Å². The molecule has 3 aromatic rings. The van der Waals surface area contributed by atoms with E-state index in [9.17, 15) is 9.59 Å². The Labute approximate surface area is 190 Å². The number of anilines is 1. The first kappa shape index (κ1) is 20.0. The van der Waals surface area contributed by atoms with Crippen molar-refractivity contribution in [2.45, 2.75) is 6.42 Å². The second-order valence-electron chi connectivity index (χ2n) is 7.29. The van der Waals surface area contributed by atoms with E-state index >= 15 is 0 Å². The van der Waals surface area contributed by atoms with E-state index in [0.29, 0.717) is 23.8 Å². The number of carbonyl (C=O) groups excluding carboxylic acids is 2. The van der Waals surface area contributed by atoms with Gasteiger partial charge in [0, 0.05) is 12.0 Å². The van der Waals surface area contributed by atoms with Crippen LogP contribution in [0.1, 0.15) is 11.1 Å². The highest BCUT2D eigenvalue weighted by Gasteiger charge is 2.34. The molecule has 2 heterocycles. The summed E-state index contributed by atoms with van der Waals surface area (Å²) >= 11 is 5.29. The molecule has 5 rings (SSSR count). The number of fused-ring (bicyclic) bond motifs is 1. The first-order chi connectivity index (χ1) is 15.6. The molecule has 2 amide bonds. The number of hydrogen-bond acceptors (Lipinski definition) is 5. The molecular formula is C25H18N2O4S. The molecule has 0 aliphatic carbocycles. The van der Waals surface area contributed by atoms with E-state index in [-0.39, 0.29) is 10.7 Å². The van der Waals surface area contributed by atoms with Gasteiger partial charge in [0.25, 0.3) is 11.8 Å². The summed E-state index contributed by atoms with van der Waals surface area (Å²) in [7, 11) is 0. The van der Waals surface area contributed by atoms with Crippen molar-refractivity contribution in [3.05, 3.63) is 89.5 Å². The number of para-hydroxylation sites is 1. The standard InChI is InChI=1S/C25H18N2O4S/c28-23-21(15-16-5-4-8-22-20(16)13-14-30-22)24(29)27(25(32)26-23)17-9-11-19(12-10-17)31-18-6-2-1-3-7-18/h1-12,15H,13-14H2,(H,26,28,32). The SMILES string of the molecule is O=C1NC(=S)N(c2ccc(Oc3ccccc3)cc2)C(=O)C1=Cc1cccc2c1CCO2. The Kier molecular flexibility index (Phi) is 5.17. The van der Waals surface area contributed by atoms with Crippen LogP contribution in [-0.4, -0.2) is 23.5 Å². The molecule has 0 bridgehead atoms. The number of hydrogen-bond donors (Lipinski definition) is 1. The number of nitrogens with zero attached hydrogens (tertiary/aromatic N) is 1. The molecule has 2 aliphatic rings. The minimum atomic E-state index is -0.517. The summed E-state index contributed by atoms with van der Waals surface area (Å²) in [4.78, 5) is 27.2. The Hall–Kier alpha value is -3.97. The lowest BCUT2D eigenvalue weighted by Gasteiger charge is -2.29. The molecule has 0 saturated carbocycles. The summed E-state index contributed by atoms with van der Waals surface area (Å²) in [5.74, 6) is 1.12. The summed E-state index contributed by atoms with van der Waals surface area (Å²) in [5, 5.41) is 2.66. The molecule has 0 spiro atoms. The van der Waals surface area contributed by atoms with E-state index in [2.05, 4.69) is 5.32 Å². The fraction of sp³-hybridized carbons (Fsp3) is 0.0800. The van der Waals surface area contributed by atoms with Crippen LogP contribution in [0.25, 0.3) is 6.08 Å². The Morgan fingerprint density at radius 1 is 0.938 bits per heavy atom. The topological polar surface area (TPSA) is 67.9 Å². The minimum absolute atomic E-state index is 0.0171. The average molecular weight is 442 g/mol. The largest absolute Gasteiger partial charge is 0.493 e. The maximum absolute atomic E-state index is 13.3. The van der Waals surface area contributed by atoms with Gasteiger partial charge in [0.05, 0.1) is 12.3 Å². The van der Waals surface area contributed by atoms with E-state index in [1.165, 1.54) is 4.90 Å². The number of rotatable bonds is 4. The third kappa shape index (κ3) is 3.74. The Morgan fingerprint density at radius 3 is 2.47 bits per heavy atom. The molecule has 0 radical (unpaired) electrons. The normalized spacial score (nSPS) is 16.6. The lowest BCUT2D eigenvalue weighted by Crippen LogP contribution is -2.54. The first-order valence-corrected chi connectivity index (χ1v) is 10.5. The summed E-state index contributed by atoms with van der Waals surface area (Å²) in [6, 6.07) is 21.9. The molecule has 7 heteroatoms. The van der Waals surface area contributed by atoms with Crippen LogP contribution in [0, 0.1) is 0 Å². The van der Waals surface area contributed by atoms with E-state index < -0.39 is 11.8 Å². The van der Waals surface area contributed by atoms with E-state index in [0.717, 1.165) is 23.3 Å². The van der Waals surface area contributed by atoms with Gasteiger partial charge >= 0.3 is 0 Å². The highest BCUT2D eigenvalue weighted by molar-refractivity contribution is 7.80. The van der Waals surface area contributed by atoms with E-state index in [4.69, 9.17) is 21.7 Å². The van der Waals surface area contributed by atoms with Crippen molar-refractivity contribution < 1.29 is 19.1 Å². The van der Waals surface area contributed by atoms with Crippen LogP contribution < -0.4 is 19.7 Å². The molecule has 0 aromatic heterocycles. The molecule has 32 heavy (non-hydrogen) atoms. The van der Waals surface area contributed by atoms with Gasteiger partial charge in [0.2, 0.25) is 0 Å². The van der Waals surface area contributed by atoms with Crippen molar-refractivity contribution in [1.29, 1.82) is 0 Å². The second kappa shape index (κ2) is 8.28. The lowest BCUT2D eigenvalue weighted by atomic mass is 10.0. The Balaban J connectivity index is 1.43. The molecule has 158 valence electrons. The second-order valence-corrected chi connectivity index (χ2v) is 7.68. The van der Waals surface area contributed by atoms with Crippen molar-refractivity contribution in [3.63, 3.8) is 0 Å². The van der Waals surface area contributed by atoms with E-state index in [1.54, 1.807) is 30.3 Å². The third-order valence-corrected chi connectivity index (χ3v) is 5.54. The smallest absolute Gasteiger partial charge is 0.270 e. The van der Waals surface area contributed by atoms with Crippen LogP contribution >= 0.6 is 12.2 Å². The number of carbonyl (C=O) groups is 2. The highest BCUT2D eigenvalue weighted by Crippen LogP contribution is 2.31. The average Bonchev–Trinajstić information content (AvgIpc) is 3.28. The van der Waals surface area contributed by atoms with Gasteiger partial charge in [-0.25, -0.2) is 0 Å². The quantitative estimate of drug-likeness (QED) is 0.372. The summed E-state index contributed by atoms with van der Waals surface area (Å²) < 4.78 is 11.4. The van der Waals surface area contributed by atoms with Crippen molar-refractivity contribution in [3.8, 4) is 17.2 Å². The molecule has 3 aromatic carbocycles. The fourth-order valence-corrected chi connectivity index (χ4v) is 4.00.